The molecular weight excluding hydrogens is 331 g/mol. The largest absolute Gasteiger partial charge is 0.322 e. The number of hydrogen-bond donors (Lipinski definition) is 2. The molecule has 2 aromatic rings. The first-order valence-electron chi connectivity index (χ1n) is 7.51. The van der Waals surface area contributed by atoms with E-state index < -0.39 is 21.7 Å². The summed E-state index contributed by atoms with van der Waals surface area (Å²) in [5.41, 5.74) is 0.608. The molecule has 0 heterocycles. The molecule has 0 unspecified atom stereocenters. The minimum absolute atomic E-state index is 0.0881. The van der Waals surface area contributed by atoms with Gasteiger partial charge in [-0.2, -0.15) is 0 Å². The summed E-state index contributed by atoms with van der Waals surface area (Å²) >= 11 is 0. The fourth-order valence-corrected chi connectivity index (χ4v) is 3.30. The van der Waals surface area contributed by atoms with Gasteiger partial charge in [0.05, 0.1) is 4.90 Å². The van der Waals surface area contributed by atoms with Gasteiger partial charge in [0.1, 0.15) is 5.82 Å². The normalized spacial score (nSPS) is 12.6. The number of sulfonamides is 1. The summed E-state index contributed by atoms with van der Waals surface area (Å²) in [7, 11) is -3.61. The molecule has 2 N–H and O–H groups in total. The Kier molecular flexibility index (Phi) is 5.69. The van der Waals surface area contributed by atoms with E-state index in [9.17, 15) is 17.6 Å². The van der Waals surface area contributed by atoms with Crippen LogP contribution in [0, 0.1) is 5.82 Å². The molecule has 0 aromatic heterocycles. The number of amides is 1. The van der Waals surface area contributed by atoms with Crippen LogP contribution >= 0.6 is 0 Å². The minimum atomic E-state index is -3.61. The van der Waals surface area contributed by atoms with Crippen molar-refractivity contribution >= 4 is 21.6 Å². The first kappa shape index (κ1) is 18.1. The van der Waals surface area contributed by atoms with Crippen molar-refractivity contribution in [2.75, 3.05) is 5.32 Å². The lowest BCUT2D eigenvalue weighted by Gasteiger charge is -2.12. The van der Waals surface area contributed by atoms with Crippen molar-refractivity contribution < 1.29 is 17.6 Å². The van der Waals surface area contributed by atoms with Gasteiger partial charge in [0, 0.05) is 17.3 Å². The van der Waals surface area contributed by atoms with Crippen LogP contribution in [0.4, 0.5) is 10.1 Å². The van der Waals surface area contributed by atoms with E-state index in [1.807, 2.05) is 6.92 Å². The van der Waals surface area contributed by atoms with Crippen molar-refractivity contribution in [3.8, 4) is 0 Å². The van der Waals surface area contributed by atoms with Gasteiger partial charge in [0.25, 0.3) is 5.91 Å². The van der Waals surface area contributed by atoms with Crippen molar-refractivity contribution in [1.29, 1.82) is 0 Å². The number of benzene rings is 2. The smallest absolute Gasteiger partial charge is 0.255 e. The van der Waals surface area contributed by atoms with Gasteiger partial charge in [-0.3, -0.25) is 4.79 Å². The Morgan fingerprint density at radius 3 is 2.42 bits per heavy atom. The molecule has 1 amide bonds. The Morgan fingerprint density at radius 1 is 1.17 bits per heavy atom. The Bertz CT molecular complexity index is 820. The first-order chi connectivity index (χ1) is 11.3. The topological polar surface area (TPSA) is 75.3 Å². The molecule has 5 nitrogen and oxygen atoms in total. The molecule has 0 aliphatic heterocycles. The predicted octanol–water partition coefficient (Wildman–Crippen LogP) is 3.15. The van der Waals surface area contributed by atoms with Crippen molar-refractivity contribution in [3.63, 3.8) is 0 Å². The molecule has 24 heavy (non-hydrogen) atoms. The highest BCUT2D eigenvalue weighted by Crippen LogP contribution is 2.14. The summed E-state index contributed by atoms with van der Waals surface area (Å²) in [6.45, 7) is 3.66. The number of anilines is 1. The second-order valence-corrected chi connectivity index (χ2v) is 7.13. The maximum absolute atomic E-state index is 13.1. The quantitative estimate of drug-likeness (QED) is 0.840. The summed E-state index contributed by atoms with van der Waals surface area (Å²) in [6, 6.07) is 10.9. The van der Waals surface area contributed by atoms with E-state index in [2.05, 4.69) is 10.0 Å². The molecule has 0 aliphatic carbocycles. The van der Waals surface area contributed by atoms with Crippen molar-refractivity contribution in [1.82, 2.24) is 4.72 Å². The molecule has 0 spiro atoms. The maximum atomic E-state index is 13.1. The third kappa shape index (κ3) is 4.62. The zero-order chi connectivity index (χ0) is 17.7. The highest BCUT2D eigenvalue weighted by molar-refractivity contribution is 7.89. The number of carbonyl (C=O) groups is 1. The zero-order valence-electron chi connectivity index (χ0n) is 13.4. The molecule has 0 fully saturated rings. The molecule has 0 saturated heterocycles. The van der Waals surface area contributed by atoms with Gasteiger partial charge in [0.15, 0.2) is 0 Å². The van der Waals surface area contributed by atoms with Gasteiger partial charge in [-0.1, -0.05) is 13.0 Å². The van der Waals surface area contributed by atoms with Gasteiger partial charge in [0.2, 0.25) is 10.0 Å². The average Bonchev–Trinajstić information content (AvgIpc) is 2.54. The Morgan fingerprint density at radius 2 is 1.83 bits per heavy atom. The molecule has 0 aliphatic rings. The van der Waals surface area contributed by atoms with Crippen molar-refractivity contribution in [3.05, 3.63) is 59.9 Å². The van der Waals surface area contributed by atoms with Gasteiger partial charge >= 0.3 is 0 Å². The maximum Gasteiger partial charge on any atom is 0.255 e. The molecule has 2 aromatic carbocycles. The number of hydrogen-bond acceptors (Lipinski definition) is 3. The van der Waals surface area contributed by atoms with E-state index >= 15 is 0 Å². The van der Waals surface area contributed by atoms with Crippen LogP contribution in [-0.2, 0) is 10.0 Å². The Balaban J connectivity index is 2.12. The molecule has 0 saturated carbocycles. The van der Waals surface area contributed by atoms with E-state index in [0.717, 1.165) is 0 Å². The summed E-state index contributed by atoms with van der Waals surface area (Å²) in [5, 5.41) is 2.55. The van der Waals surface area contributed by atoms with Crippen LogP contribution in [0.2, 0.25) is 0 Å². The van der Waals surface area contributed by atoms with Gasteiger partial charge < -0.3 is 5.32 Å². The summed E-state index contributed by atoms with van der Waals surface area (Å²) < 4.78 is 40.0. The average molecular weight is 350 g/mol. The molecule has 0 bridgehead atoms. The van der Waals surface area contributed by atoms with E-state index in [-0.39, 0.29) is 16.5 Å². The lowest BCUT2D eigenvalue weighted by molar-refractivity contribution is 0.102. The number of nitrogens with one attached hydrogen (secondary N) is 2. The van der Waals surface area contributed by atoms with Crippen LogP contribution in [0.5, 0.6) is 0 Å². The lowest BCUT2D eigenvalue weighted by atomic mass is 10.2. The molecule has 2 rings (SSSR count). The van der Waals surface area contributed by atoms with Gasteiger partial charge in [-0.05, 0) is 55.8 Å². The molecule has 7 heteroatoms. The van der Waals surface area contributed by atoms with Crippen LogP contribution in [-0.4, -0.2) is 20.4 Å². The monoisotopic (exact) mass is 350 g/mol. The third-order valence-electron chi connectivity index (χ3n) is 3.48. The standard InChI is InChI=1S/C17H19FN2O3S/c1-3-12(2)20-24(22,23)16-9-7-13(8-10-16)17(21)19-15-6-4-5-14(18)11-15/h4-12,20H,3H2,1-2H3,(H,19,21)/t12-/m1/s1. The van der Waals surface area contributed by atoms with Gasteiger partial charge in [-0.15, -0.1) is 0 Å². The second kappa shape index (κ2) is 7.55. The highest BCUT2D eigenvalue weighted by Gasteiger charge is 2.17. The third-order valence-corrected chi connectivity index (χ3v) is 5.08. The van der Waals surface area contributed by atoms with E-state index in [4.69, 9.17) is 0 Å². The van der Waals surface area contributed by atoms with Crippen LogP contribution < -0.4 is 10.0 Å². The molecule has 128 valence electrons. The summed E-state index contributed by atoms with van der Waals surface area (Å²) in [6.07, 6.45) is 0.674. The minimum Gasteiger partial charge on any atom is -0.322 e. The molecule has 0 radical (unpaired) electrons. The SMILES string of the molecule is CC[C@@H](C)NS(=O)(=O)c1ccc(C(=O)Nc2cccc(F)c2)cc1. The fourth-order valence-electron chi connectivity index (χ4n) is 1.97. The highest BCUT2D eigenvalue weighted by atomic mass is 32.2. The zero-order valence-corrected chi connectivity index (χ0v) is 14.2. The van der Waals surface area contributed by atoms with Crippen LogP contribution in [0.1, 0.15) is 30.6 Å². The summed E-state index contributed by atoms with van der Waals surface area (Å²) in [4.78, 5) is 12.2. The van der Waals surface area contributed by atoms with E-state index in [1.165, 1.54) is 42.5 Å². The van der Waals surface area contributed by atoms with Crippen LogP contribution in [0.3, 0.4) is 0 Å². The molecule has 1 atom stereocenters. The lowest BCUT2D eigenvalue weighted by Crippen LogP contribution is -2.32. The van der Waals surface area contributed by atoms with Crippen molar-refractivity contribution in [2.45, 2.75) is 31.2 Å². The number of rotatable bonds is 6. The summed E-state index contributed by atoms with van der Waals surface area (Å²) in [5.74, 6) is -0.898. The molecular formula is C17H19FN2O3S. The van der Waals surface area contributed by atoms with E-state index in [0.29, 0.717) is 12.1 Å². The first-order valence-corrected chi connectivity index (χ1v) is 8.99. The second-order valence-electron chi connectivity index (χ2n) is 5.42. The number of halogens is 1. The van der Waals surface area contributed by atoms with E-state index in [1.54, 1.807) is 13.0 Å². The number of carbonyl (C=O) groups excluding carboxylic acids is 1. The predicted molar refractivity (Wildman–Crippen MR) is 90.9 cm³/mol. The van der Waals surface area contributed by atoms with Crippen LogP contribution in [0.15, 0.2) is 53.4 Å². The van der Waals surface area contributed by atoms with Gasteiger partial charge in [-0.25, -0.2) is 17.5 Å². The fraction of sp³-hybridized carbons (Fsp3) is 0.235. The van der Waals surface area contributed by atoms with Crippen molar-refractivity contribution in [2.24, 2.45) is 0 Å². The van der Waals surface area contributed by atoms with Crippen LogP contribution in [0.25, 0.3) is 0 Å². The Labute approximate surface area is 141 Å². The Hall–Kier alpha value is -2.25.